The van der Waals surface area contributed by atoms with Crippen LogP contribution in [0.15, 0.2) is 0 Å². The van der Waals surface area contributed by atoms with Crippen molar-refractivity contribution in [3.05, 3.63) is 0 Å². The Labute approximate surface area is 215 Å². The van der Waals surface area contributed by atoms with Crippen molar-refractivity contribution >= 4 is 23.9 Å². The molecule has 0 aromatic carbocycles. The Morgan fingerprint density at radius 3 is 2.05 bits per heavy atom. The van der Waals surface area contributed by atoms with Crippen LogP contribution in [0.3, 0.4) is 0 Å². The largest absolute Gasteiger partial charge is 0.462 e. The molecule has 5 rings (SSSR count). The minimum atomic E-state index is -1.89. The number of hydrogen-bond donors (Lipinski definition) is 2. The Balaban J connectivity index is 1.79. The first-order valence-corrected chi connectivity index (χ1v) is 12.8. The highest BCUT2D eigenvalue weighted by Crippen LogP contribution is 2.75. The van der Waals surface area contributed by atoms with Gasteiger partial charge in [0.25, 0.3) is 0 Å². The van der Waals surface area contributed by atoms with Crippen LogP contribution in [0.4, 0.5) is 0 Å². The van der Waals surface area contributed by atoms with E-state index in [2.05, 4.69) is 0 Å². The lowest BCUT2D eigenvalue weighted by atomic mass is 9.41. The molecule has 11 atom stereocenters. The standard InChI is InChI=1S/C26H36O11/c1-11(27)33-15-8-9-22(4,5)26(32)18(35-13(3)29)17(34-12(2)28)16-14(23(15,26)6)10-25(24(16,7)31)19-20(36-19)37-21(25)30/h14-20,31-32H,8-10H2,1-7H3/t14-,15-,16-,17+,18-,19-,20-,23-,24+,25+,26+/m0/s1. The van der Waals surface area contributed by atoms with Gasteiger partial charge in [-0.15, -0.1) is 0 Å². The highest BCUT2D eigenvalue weighted by molar-refractivity contribution is 5.84. The lowest BCUT2D eigenvalue weighted by Crippen LogP contribution is -2.80. The first-order valence-electron chi connectivity index (χ1n) is 12.8. The monoisotopic (exact) mass is 524 g/mol. The van der Waals surface area contributed by atoms with Crippen molar-refractivity contribution in [2.75, 3.05) is 0 Å². The molecule has 3 aliphatic carbocycles. The van der Waals surface area contributed by atoms with Gasteiger partial charge in [0, 0.05) is 32.1 Å². The predicted molar refractivity (Wildman–Crippen MR) is 122 cm³/mol. The Morgan fingerprint density at radius 2 is 1.54 bits per heavy atom. The lowest BCUT2D eigenvalue weighted by molar-refractivity contribution is -0.340. The van der Waals surface area contributed by atoms with E-state index in [1.807, 2.05) is 13.8 Å². The Kier molecular flexibility index (Phi) is 5.46. The van der Waals surface area contributed by atoms with Crippen LogP contribution in [0.2, 0.25) is 0 Å². The molecule has 37 heavy (non-hydrogen) atoms. The van der Waals surface area contributed by atoms with Gasteiger partial charge in [-0.3, -0.25) is 19.2 Å². The molecule has 1 spiro atoms. The topological polar surface area (TPSA) is 158 Å². The molecular formula is C26H36O11. The third-order valence-electron chi connectivity index (χ3n) is 10.3. The highest BCUT2D eigenvalue weighted by atomic mass is 16.8. The summed E-state index contributed by atoms with van der Waals surface area (Å²) in [6.07, 6.45) is -4.25. The van der Waals surface area contributed by atoms with E-state index in [9.17, 15) is 29.4 Å². The van der Waals surface area contributed by atoms with Crippen molar-refractivity contribution in [3.8, 4) is 0 Å². The maximum Gasteiger partial charge on any atom is 0.320 e. The second kappa shape index (κ2) is 7.66. The van der Waals surface area contributed by atoms with E-state index in [1.165, 1.54) is 27.7 Å². The van der Waals surface area contributed by atoms with Gasteiger partial charge >= 0.3 is 23.9 Å². The third kappa shape index (κ3) is 3.04. The van der Waals surface area contributed by atoms with E-state index in [0.717, 1.165) is 0 Å². The molecular weight excluding hydrogens is 488 g/mol. The van der Waals surface area contributed by atoms with Gasteiger partial charge in [0.05, 0.1) is 5.60 Å². The number of aliphatic hydroxyl groups is 2. The molecule has 2 saturated heterocycles. The molecule has 206 valence electrons. The zero-order chi connectivity index (χ0) is 27.5. The molecule has 0 unspecified atom stereocenters. The van der Waals surface area contributed by atoms with Gasteiger partial charge in [-0.05, 0) is 37.5 Å². The summed E-state index contributed by atoms with van der Waals surface area (Å²) in [4.78, 5) is 50.4. The summed E-state index contributed by atoms with van der Waals surface area (Å²) < 4.78 is 28.3. The highest BCUT2D eigenvalue weighted by Gasteiger charge is 2.87. The molecule has 2 aliphatic heterocycles. The van der Waals surface area contributed by atoms with E-state index < -0.39 is 93.9 Å². The Morgan fingerprint density at radius 1 is 0.946 bits per heavy atom. The number of rotatable bonds is 3. The van der Waals surface area contributed by atoms with Crippen LogP contribution in [0.25, 0.3) is 0 Å². The van der Waals surface area contributed by atoms with E-state index in [0.29, 0.717) is 12.8 Å². The molecule has 0 aromatic rings. The van der Waals surface area contributed by atoms with E-state index >= 15 is 0 Å². The first-order chi connectivity index (χ1) is 17.0. The molecule has 0 amide bonds. The van der Waals surface area contributed by atoms with Crippen molar-refractivity contribution in [1.82, 2.24) is 0 Å². The van der Waals surface area contributed by atoms with Gasteiger partial charge in [-0.2, -0.15) is 0 Å². The second-order valence-electron chi connectivity index (χ2n) is 12.5. The number of carbonyl (C=O) groups is 4. The Hall–Kier alpha value is -2.24. The van der Waals surface area contributed by atoms with Gasteiger partial charge in [0.1, 0.15) is 29.3 Å². The molecule has 3 saturated carbocycles. The third-order valence-corrected chi connectivity index (χ3v) is 10.3. The van der Waals surface area contributed by atoms with Crippen LogP contribution in [-0.4, -0.2) is 76.0 Å². The van der Waals surface area contributed by atoms with Crippen molar-refractivity contribution < 1.29 is 53.1 Å². The molecule has 0 radical (unpaired) electrons. The quantitative estimate of drug-likeness (QED) is 0.308. The van der Waals surface area contributed by atoms with Crippen molar-refractivity contribution in [3.63, 3.8) is 0 Å². The zero-order valence-corrected chi connectivity index (χ0v) is 22.2. The molecule has 5 fully saturated rings. The molecule has 2 N–H and O–H groups in total. The fourth-order valence-corrected chi connectivity index (χ4v) is 8.70. The maximum absolute atomic E-state index is 13.3. The molecule has 0 bridgehead atoms. The summed E-state index contributed by atoms with van der Waals surface area (Å²) in [5.41, 5.74) is -7.50. The minimum absolute atomic E-state index is 0.0296. The lowest BCUT2D eigenvalue weighted by Gasteiger charge is -2.68. The zero-order valence-electron chi connectivity index (χ0n) is 22.2. The van der Waals surface area contributed by atoms with Crippen LogP contribution in [0.1, 0.15) is 67.7 Å². The molecule has 5 aliphatic rings. The summed E-state index contributed by atoms with van der Waals surface area (Å²) in [7, 11) is 0. The fourth-order valence-electron chi connectivity index (χ4n) is 8.70. The van der Waals surface area contributed by atoms with Gasteiger partial charge in [-0.25, -0.2) is 0 Å². The van der Waals surface area contributed by atoms with Crippen molar-refractivity contribution in [2.24, 2.45) is 28.1 Å². The van der Waals surface area contributed by atoms with E-state index in [1.54, 1.807) is 6.92 Å². The second-order valence-corrected chi connectivity index (χ2v) is 12.5. The normalized spacial score (nSPS) is 50.8. The van der Waals surface area contributed by atoms with Crippen LogP contribution >= 0.6 is 0 Å². The average molecular weight is 525 g/mol. The number of fused-ring (bicyclic) bond motifs is 5. The molecule has 2 heterocycles. The van der Waals surface area contributed by atoms with Crippen molar-refractivity contribution in [1.29, 1.82) is 0 Å². The van der Waals surface area contributed by atoms with Crippen LogP contribution in [0, 0.1) is 28.1 Å². The first kappa shape index (κ1) is 26.4. The van der Waals surface area contributed by atoms with Crippen LogP contribution in [-0.2, 0) is 42.9 Å². The van der Waals surface area contributed by atoms with Crippen LogP contribution in [0.5, 0.6) is 0 Å². The van der Waals surface area contributed by atoms with Gasteiger partial charge in [-0.1, -0.05) is 20.8 Å². The summed E-state index contributed by atoms with van der Waals surface area (Å²) in [5, 5.41) is 25.1. The van der Waals surface area contributed by atoms with Gasteiger partial charge < -0.3 is 33.9 Å². The average Bonchev–Trinajstić information content (AvgIpc) is 3.39. The number of epoxide rings is 1. The summed E-state index contributed by atoms with van der Waals surface area (Å²) in [5.74, 6) is -4.33. The van der Waals surface area contributed by atoms with E-state index in [4.69, 9.17) is 23.7 Å². The SMILES string of the molecule is CC(=O)O[C@@H]1[C@@H]2[C@H](C[C@@]3(C(=O)O[C@@H]4O[C@@H]43)[C@]2(C)O)[C@@]2(C)[C@@H](OC(C)=O)CCC(C)(C)[C@]2(O)[C@H]1OC(C)=O. The molecule has 11 heteroatoms. The number of carbonyl (C=O) groups excluding carboxylic acids is 4. The predicted octanol–water partition coefficient (Wildman–Crippen LogP) is 1.01. The van der Waals surface area contributed by atoms with Gasteiger partial charge in [0.15, 0.2) is 6.10 Å². The maximum atomic E-state index is 13.3. The number of hydrogen-bond acceptors (Lipinski definition) is 11. The van der Waals surface area contributed by atoms with Gasteiger partial charge in [0.2, 0.25) is 6.29 Å². The summed E-state index contributed by atoms with van der Waals surface area (Å²) in [6.45, 7) is 10.5. The summed E-state index contributed by atoms with van der Waals surface area (Å²) in [6, 6.07) is 0. The number of ether oxygens (including phenoxy) is 5. The van der Waals surface area contributed by atoms with E-state index in [-0.39, 0.29) is 6.42 Å². The van der Waals surface area contributed by atoms with Crippen molar-refractivity contribution in [2.45, 2.75) is 110 Å². The number of esters is 4. The minimum Gasteiger partial charge on any atom is -0.462 e. The van der Waals surface area contributed by atoms with Crippen LogP contribution < -0.4 is 0 Å². The summed E-state index contributed by atoms with van der Waals surface area (Å²) >= 11 is 0. The Bertz CT molecular complexity index is 1070. The fraction of sp³-hybridized carbons (Fsp3) is 0.846. The molecule has 11 nitrogen and oxygen atoms in total. The smallest absolute Gasteiger partial charge is 0.320 e. The molecule has 0 aromatic heterocycles.